The van der Waals surface area contributed by atoms with Crippen LogP contribution in [0.2, 0.25) is 0 Å². The molecule has 1 aliphatic rings. The Kier molecular flexibility index (Phi) is 7.06. The Hall–Kier alpha value is -2.08. The van der Waals surface area contributed by atoms with Crippen LogP contribution in [0.1, 0.15) is 19.4 Å². The fourth-order valence-electron chi connectivity index (χ4n) is 2.66. The number of urea groups is 1. The van der Waals surface area contributed by atoms with E-state index in [0.29, 0.717) is 25.6 Å². The summed E-state index contributed by atoms with van der Waals surface area (Å²) in [6.07, 6.45) is 0.645. The molecule has 0 radical (unpaired) electrons. The number of hydrogen-bond donors (Lipinski definition) is 2. The molecule has 1 atom stereocenters. The number of hydrogen-bond acceptors (Lipinski definition) is 3. The van der Waals surface area contributed by atoms with Crippen molar-refractivity contribution in [2.24, 2.45) is 5.92 Å². The predicted octanol–water partition coefficient (Wildman–Crippen LogP) is 1.41. The fourth-order valence-corrected chi connectivity index (χ4v) is 2.66. The zero-order chi connectivity index (χ0) is 17.4. The first-order chi connectivity index (χ1) is 11.5. The van der Waals surface area contributed by atoms with Crippen molar-refractivity contribution in [2.45, 2.75) is 26.4 Å². The van der Waals surface area contributed by atoms with Crippen LogP contribution in [0.15, 0.2) is 30.3 Å². The highest BCUT2D eigenvalue weighted by molar-refractivity contribution is 5.78. The minimum atomic E-state index is -0.207. The van der Waals surface area contributed by atoms with E-state index in [1.165, 1.54) is 5.56 Å². The van der Waals surface area contributed by atoms with Gasteiger partial charge in [0.15, 0.2) is 0 Å². The van der Waals surface area contributed by atoms with Crippen LogP contribution in [0.3, 0.4) is 0 Å². The third-order valence-electron chi connectivity index (χ3n) is 3.84. The molecule has 1 heterocycles. The third-order valence-corrected chi connectivity index (χ3v) is 3.84. The summed E-state index contributed by atoms with van der Waals surface area (Å²) in [5.41, 5.74) is 1.19. The Bertz CT molecular complexity index is 534. The van der Waals surface area contributed by atoms with Gasteiger partial charge in [0.1, 0.15) is 6.61 Å². The van der Waals surface area contributed by atoms with Crippen LogP contribution >= 0.6 is 0 Å². The number of morpholine rings is 1. The van der Waals surface area contributed by atoms with Gasteiger partial charge in [-0.05, 0) is 17.9 Å². The van der Waals surface area contributed by atoms with Gasteiger partial charge in [-0.25, -0.2) is 4.79 Å². The molecule has 0 aromatic heterocycles. The monoisotopic (exact) mass is 333 g/mol. The summed E-state index contributed by atoms with van der Waals surface area (Å²) in [5, 5.41) is 5.65. The second-order valence-electron chi connectivity index (χ2n) is 6.50. The maximum absolute atomic E-state index is 11.8. The van der Waals surface area contributed by atoms with Gasteiger partial charge >= 0.3 is 6.03 Å². The lowest BCUT2D eigenvalue weighted by molar-refractivity contribution is -0.149. The van der Waals surface area contributed by atoms with E-state index in [-0.39, 0.29) is 24.6 Å². The molecule has 6 nitrogen and oxygen atoms in total. The molecule has 2 N–H and O–H groups in total. The van der Waals surface area contributed by atoms with Crippen LogP contribution in [-0.2, 0) is 16.0 Å². The highest BCUT2D eigenvalue weighted by Crippen LogP contribution is 2.08. The van der Waals surface area contributed by atoms with Crippen molar-refractivity contribution in [3.63, 3.8) is 0 Å². The summed E-state index contributed by atoms with van der Waals surface area (Å²) in [4.78, 5) is 25.4. The molecule has 0 spiro atoms. The molecule has 0 aliphatic carbocycles. The Morgan fingerprint density at radius 3 is 2.75 bits per heavy atom. The molecule has 1 saturated heterocycles. The standard InChI is InChI=1S/C18H27N3O3/c1-14(2)11-21-12-16(24-13-17(21)22)10-20-18(23)19-9-8-15-6-4-3-5-7-15/h3-7,14,16H,8-13H2,1-2H3,(H2,19,20,23). The van der Waals surface area contributed by atoms with Crippen molar-refractivity contribution in [1.29, 1.82) is 0 Å². The van der Waals surface area contributed by atoms with E-state index in [9.17, 15) is 9.59 Å². The lowest BCUT2D eigenvalue weighted by Crippen LogP contribution is -2.52. The fraction of sp³-hybridized carbons (Fsp3) is 0.556. The molecule has 1 unspecified atom stereocenters. The van der Waals surface area contributed by atoms with Gasteiger partial charge < -0.3 is 20.3 Å². The number of amides is 3. The van der Waals surface area contributed by atoms with Gasteiger partial charge in [-0.2, -0.15) is 0 Å². The summed E-state index contributed by atoms with van der Waals surface area (Å²) < 4.78 is 5.49. The second kappa shape index (κ2) is 9.27. The van der Waals surface area contributed by atoms with Gasteiger partial charge in [-0.15, -0.1) is 0 Å². The Balaban J connectivity index is 1.65. The summed E-state index contributed by atoms with van der Waals surface area (Å²) >= 11 is 0. The lowest BCUT2D eigenvalue weighted by Gasteiger charge is -2.33. The van der Waals surface area contributed by atoms with Gasteiger partial charge in [0.25, 0.3) is 0 Å². The summed E-state index contributed by atoms with van der Waals surface area (Å²) in [6, 6.07) is 9.81. The normalized spacial score (nSPS) is 17.9. The molecule has 2 rings (SSSR count). The van der Waals surface area contributed by atoms with Crippen molar-refractivity contribution in [3.05, 3.63) is 35.9 Å². The van der Waals surface area contributed by atoms with E-state index >= 15 is 0 Å². The molecule has 1 aliphatic heterocycles. The van der Waals surface area contributed by atoms with Gasteiger partial charge in [0.2, 0.25) is 5.91 Å². The molecule has 1 fully saturated rings. The first-order valence-corrected chi connectivity index (χ1v) is 8.49. The molecule has 1 aromatic rings. The van der Waals surface area contributed by atoms with Crippen molar-refractivity contribution < 1.29 is 14.3 Å². The minimum absolute atomic E-state index is 0.0206. The number of benzene rings is 1. The first kappa shape index (κ1) is 18.3. The summed E-state index contributed by atoms with van der Waals surface area (Å²) in [6.45, 7) is 6.49. The van der Waals surface area contributed by atoms with E-state index in [0.717, 1.165) is 13.0 Å². The van der Waals surface area contributed by atoms with E-state index in [1.54, 1.807) is 0 Å². The van der Waals surface area contributed by atoms with Gasteiger partial charge in [0, 0.05) is 26.2 Å². The average Bonchev–Trinajstić information content (AvgIpc) is 2.56. The van der Waals surface area contributed by atoms with Crippen LogP contribution in [0.25, 0.3) is 0 Å². The molecule has 0 saturated carbocycles. The zero-order valence-electron chi connectivity index (χ0n) is 14.5. The highest BCUT2D eigenvalue weighted by atomic mass is 16.5. The third kappa shape index (κ3) is 6.20. The maximum Gasteiger partial charge on any atom is 0.314 e. The highest BCUT2D eigenvalue weighted by Gasteiger charge is 2.26. The van der Waals surface area contributed by atoms with Crippen LogP contribution in [0, 0.1) is 5.92 Å². The molecule has 0 bridgehead atoms. The molecule has 24 heavy (non-hydrogen) atoms. The van der Waals surface area contributed by atoms with Gasteiger partial charge in [0.05, 0.1) is 6.10 Å². The number of nitrogens with one attached hydrogen (secondary N) is 2. The van der Waals surface area contributed by atoms with Crippen LogP contribution in [-0.4, -0.2) is 55.7 Å². The number of rotatable bonds is 7. The SMILES string of the molecule is CC(C)CN1CC(CNC(=O)NCCc2ccccc2)OCC1=O. The van der Waals surface area contributed by atoms with Crippen LogP contribution in [0.5, 0.6) is 0 Å². The Labute approximate surface area is 143 Å². The van der Waals surface area contributed by atoms with Crippen molar-refractivity contribution >= 4 is 11.9 Å². The number of nitrogens with zero attached hydrogens (tertiary/aromatic N) is 1. The molecule has 6 heteroatoms. The van der Waals surface area contributed by atoms with E-state index in [1.807, 2.05) is 35.2 Å². The van der Waals surface area contributed by atoms with Gasteiger partial charge in [-0.1, -0.05) is 44.2 Å². The van der Waals surface area contributed by atoms with E-state index in [2.05, 4.69) is 24.5 Å². The van der Waals surface area contributed by atoms with Gasteiger partial charge in [-0.3, -0.25) is 4.79 Å². The Morgan fingerprint density at radius 1 is 1.29 bits per heavy atom. The quantitative estimate of drug-likeness (QED) is 0.793. The zero-order valence-corrected chi connectivity index (χ0v) is 14.5. The topological polar surface area (TPSA) is 70.7 Å². The predicted molar refractivity (Wildman–Crippen MR) is 92.7 cm³/mol. The number of carbonyl (C=O) groups excluding carboxylic acids is 2. The lowest BCUT2D eigenvalue weighted by atomic mass is 10.1. The van der Waals surface area contributed by atoms with Crippen LogP contribution in [0.4, 0.5) is 4.79 Å². The largest absolute Gasteiger partial charge is 0.365 e. The number of ether oxygens (including phenoxy) is 1. The van der Waals surface area contributed by atoms with Crippen molar-refractivity contribution in [1.82, 2.24) is 15.5 Å². The van der Waals surface area contributed by atoms with Crippen LogP contribution < -0.4 is 10.6 Å². The van der Waals surface area contributed by atoms with Crippen molar-refractivity contribution in [3.8, 4) is 0 Å². The van der Waals surface area contributed by atoms with Crippen molar-refractivity contribution in [2.75, 3.05) is 32.8 Å². The van der Waals surface area contributed by atoms with E-state index < -0.39 is 0 Å². The molecular formula is C18H27N3O3. The summed E-state index contributed by atoms with van der Waals surface area (Å²) in [5.74, 6) is 0.439. The molecule has 132 valence electrons. The summed E-state index contributed by atoms with van der Waals surface area (Å²) in [7, 11) is 0. The molecular weight excluding hydrogens is 306 g/mol. The average molecular weight is 333 g/mol. The minimum Gasteiger partial charge on any atom is -0.365 e. The smallest absolute Gasteiger partial charge is 0.314 e. The molecule has 3 amide bonds. The number of carbonyl (C=O) groups is 2. The maximum atomic E-state index is 11.8. The van der Waals surface area contributed by atoms with E-state index in [4.69, 9.17) is 4.74 Å². The first-order valence-electron chi connectivity index (χ1n) is 8.49. The molecule has 1 aromatic carbocycles. The second-order valence-corrected chi connectivity index (χ2v) is 6.50. The Morgan fingerprint density at radius 2 is 2.04 bits per heavy atom.